The van der Waals surface area contributed by atoms with Gasteiger partial charge in [-0.15, -0.1) is 6.42 Å². The van der Waals surface area contributed by atoms with Crippen molar-refractivity contribution in [3.8, 4) is 12.3 Å². The lowest BCUT2D eigenvalue weighted by molar-refractivity contribution is 0.812. The van der Waals surface area contributed by atoms with E-state index in [9.17, 15) is 0 Å². The fraction of sp³-hybridized carbons (Fsp3) is 0.417. The van der Waals surface area contributed by atoms with E-state index in [0.717, 1.165) is 18.1 Å². The molecule has 0 aromatic carbocycles. The molecule has 0 saturated carbocycles. The van der Waals surface area contributed by atoms with Gasteiger partial charge in [0.05, 0.1) is 6.54 Å². The van der Waals surface area contributed by atoms with E-state index in [1.165, 1.54) is 5.56 Å². The number of hydrogen-bond donors (Lipinski definition) is 1. The molecule has 1 aromatic heterocycles. The van der Waals surface area contributed by atoms with Gasteiger partial charge in [-0.05, 0) is 31.7 Å². The molecule has 0 unspecified atom stereocenters. The third-order valence-electron chi connectivity index (χ3n) is 2.10. The van der Waals surface area contributed by atoms with E-state index in [2.05, 4.69) is 28.4 Å². The Labute approximate surface area is 91.5 Å². The van der Waals surface area contributed by atoms with Gasteiger partial charge in [-0.25, -0.2) is 4.98 Å². The highest BCUT2D eigenvalue weighted by Crippen LogP contribution is 2.13. The Hall–Kier alpha value is -1.53. The topological polar surface area (TPSA) is 28.2 Å². The summed E-state index contributed by atoms with van der Waals surface area (Å²) in [5, 5.41) is 3.12. The molecule has 0 amide bonds. The summed E-state index contributed by atoms with van der Waals surface area (Å²) in [6, 6.07) is 4.13. The quantitative estimate of drug-likeness (QED) is 0.745. The van der Waals surface area contributed by atoms with Gasteiger partial charge in [0.15, 0.2) is 0 Å². The molecule has 0 bridgehead atoms. The number of hydrogen-bond acceptors (Lipinski definition) is 3. The lowest BCUT2D eigenvalue weighted by Gasteiger charge is -2.16. The van der Waals surface area contributed by atoms with E-state index in [1.807, 2.05) is 25.9 Å². The van der Waals surface area contributed by atoms with Gasteiger partial charge in [0.1, 0.15) is 5.82 Å². The highest BCUT2D eigenvalue weighted by Gasteiger charge is 2.03. The smallest absolute Gasteiger partial charge is 0.129 e. The first-order valence-corrected chi connectivity index (χ1v) is 4.94. The van der Waals surface area contributed by atoms with Crippen LogP contribution in [-0.4, -0.2) is 25.6 Å². The van der Waals surface area contributed by atoms with Crippen molar-refractivity contribution >= 4 is 5.82 Å². The van der Waals surface area contributed by atoms with Crippen molar-refractivity contribution in [2.75, 3.05) is 25.5 Å². The van der Waals surface area contributed by atoms with E-state index in [1.54, 1.807) is 0 Å². The first-order valence-electron chi connectivity index (χ1n) is 4.94. The normalized spacial score (nSPS) is 9.73. The SMILES string of the molecule is C#CCN(C)c1cc(CNC)cc(C)n1. The van der Waals surface area contributed by atoms with Crippen LogP contribution in [0.25, 0.3) is 0 Å². The Morgan fingerprint density at radius 2 is 2.27 bits per heavy atom. The predicted octanol–water partition coefficient (Wildman–Crippen LogP) is 1.18. The molecule has 80 valence electrons. The minimum atomic E-state index is 0.579. The average Bonchev–Trinajstić information content (AvgIpc) is 2.17. The first-order chi connectivity index (χ1) is 7.17. The van der Waals surface area contributed by atoms with Gasteiger partial charge in [-0.3, -0.25) is 0 Å². The fourth-order valence-corrected chi connectivity index (χ4v) is 1.44. The van der Waals surface area contributed by atoms with Gasteiger partial charge in [-0.1, -0.05) is 5.92 Å². The van der Waals surface area contributed by atoms with Crippen molar-refractivity contribution in [3.63, 3.8) is 0 Å². The standard InChI is InChI=1S/C12H17N3/c1-5-6-15(4)12-8-11(9-13-3)7-10(2)14-12/h1,7-8,13H,6,9H2,2-4H3. The maximum atomic E-state index is 5.27. The lowest BCUT2D eigenvalue weighted by atomic mass is 10.2. The van der Waals surface area contributed by atoms with E-state index in [-0.39, 0.29) is 0 Å². The van der Waals surface area contributed by atoms with Crippen LogP contribution in [-0.2, 0) is 6.54 Å². The van der Waals surface area contributed by atoms with Crippen LogP contribution in [0.4, 0.5) is 5.82 Å². The summed E-state index contributed by atoms with van der Waals surface area (Å²) < 4.78 is 0. The van der Waals surface area contributed by atoms with Crippen molar-refractivity contribution in [1.29, 1.82) is 0 Å². The van der Waals surface area contributed by atoms with Crippen molar-refractivity contribution < 1.29 is 0 Å². The number of aryl methyl sites for hydroxylation is 1. The van der Waals surface area contributed by atoms with Crippen LogP contribution in [0.15, 0.2) is 12.1 Å². The van der Waals surface area contributed by atoms with Crippen LogP contribution in [0, 0.1) is 19.3 Å². The summed E-state index contributed by atoms with van der Waals surface area (Å²) in [7, 11) is 3.88. The zero-order valence-electron chi connectivity index (χ0n) is 9.54. The molecule has 0 aliphatic heterocycles. The van der Waals surface area contributed by atoms with Gasteiger partial charge in [0, 0.05) is 19.3 Å². The molecule has 3 heteroatoms. The molecule has 0 radical (unpaired) electrons. The van der Waals surface area contributed by atoms with Gasteiger partial charge in [0.2, 0.25) is 0 Å². The monoisotopic (exact) mass is 203 g/mol. The zero-order chi connectivity index (χ0) is 11.3. The Kier molecular flexibility index (Phi) is 4.14. The Morgan fingerprint density at radius 1 is 1.53 bits per heavy atom. The third-order valence-corrected chi connectivity index (χ3v) is 2.10. The highest BCUT2D eigenvalue weighted by molar-refractivity contribution is 5.42. The molecular weight excluding hydrogens is 186 g/mol. The van der Waals surface area contributed by atoms with E-state index < -0.39 is 0 Å². The molecule has 0 fully saturated rings. The van der Waals surface area contributed by atoms with Gasteiger partial charge >= 0.3 is 0 Å². The van der Waals surface area contributed by atoms with E-state index in [4.69, 9.17) is 6.42 Å². The molecular formula is C12H17N3. The summed E-state index contributed by atoms with van der Waals surface area (Å²) >= 11 is 0. The number of pyridine rings is 1. The van der Waals surface area contributed by atoms with Crippen molar-refractivity contribution in [1.82, 2.24) is 10.3 Å². The van der Waals surface area contributed by atoms with Gasteiger partial charge < -0.3 is 10.2 Å². The largest absolute Gasteiger partial charge is 0.349 e. The third kappa shape index (κ3) is 3.26. The van der Waals surface area contributed by atoms with Crippen LogP contribution in [0.2, 0.25) is 0 Å². The van der Waals surface area contributed by atoms with Crippen LogP contribution in [0.5, 0.6) is 0 Å². The Bertz CT molecular complexity index is 366. The van der Waals surface area contributed by atoms with Gasteiger partial charge in [0.25, 0.3) is 0 Å². The van der Waals surface area contributed by atoms with Crippen LogP contribution < -0.4 is 10.2 Å². The second-order valence-electron chi connectivity index (χ2n) is 3.57. The molecule has 0 aliphatic rings. The molecule has 0 atom stereocenters. The Balaban J connectivity index is 2.93. The number of rotatable bonds is 4. The van der Waals surface area contributed by atoms with Crippen LogP contribution >= 0.6 is 0 Å². The molecule has 1 aromatic rings. The van der Waals surface area contributed by atoms with Crippen molar-refractivity contribution in [3.05, 3.63) is 23.4 Å². The molecule has 0 spiro atoms. The lowest BCUT2D eigenvalue weighted by Crippen LogP contribution is -2.19. The summed E-state index contributed by atoms with van der Waals surface area (Å²) in [5.74, 6) is 3.54. The molecule has 15 heavy (non-hydrogen) atoms. The fourth-order valence-electron chi connectivity index (χ4n) is 1.44. The van der Waals surface area contributed by atoms with E-state index >= 15 is 0 Å². The average molecular weight is 203 g/mol. The molecule has 1 heterocycles. The number of anilines is 1. The van der Waals surface area contributed by atoms with Crippen LogP contribution in [0.1, 0.15) is 11.3 Å². The van der Waals surface area contributed by atoms with E-state index in [0.29, 0.717) is 6.54 Å². The maximum Gasteiger partial charge on any atom is 0.129 e. The molecule has 1 N–H and O–H groups in total. The van der Waals surface area contributed by atoms with Crippen molar-refractivity contribution in [2.45, 2.75) is 13.5 Å². The summed E-state index contributed by atoms with van der Waals surface area (Å²) in [6.07, 6.45) is 5.27. The second-order valence-corrected chi connectivity index (χ2v) is 3.57. The number of nitrogens with one attached hydrogen (secondary N) is 1. The molecule has 0 saturated heterocycles. The van der Waals surface area contributed by atoms with Crippen LogP contribution in [0.3, 0.4) is 0 Å². The number of aromatic nitrogens is 1. The Morgan fingerprint density at radius 3 is 2.87 bits per heavy atom. The predicted molar refractivity (Wildman–Crippen MR) is 63.8 cm³/mol. The van der Waals surface area contributed by atoms with Crippen molar-refractivity contribution in [2.24, 2.45) is 0 Å². The highest BCUT2D eigenvalue weighted by atomic mass is 15.2. The summed E-state index contributed by atoms with van der Waals surface area (Å²) in [5.41, 5.74) is 2.24. The molecule has 1 rings (SSSR count). The summed E-state index contributed by atoms with van der Waals surface area (Å²) in [6.45, 7) is 3.42. The molecule has 3 nitrogen and oxygen atoms in total. The number of nitrogens with zero attached hydrogens (tertiary/aromatic N) is 2. The molecule has 0 aliphatic carbocycles. The minimum absolute atomic E-state index is 0.579. The minimum Gasteiger partial charge on any atom is -0.349 e. The summed E-state index contributed by atoms with van der Waals surface area (Å²) in [4.78, 5) is 6.40. The first kappa shape index (κ1) is 11.5. The maximum absolute atomic E-state index is 5.27. The zero-order valence-corrected chi connectivity index (χ0v) is 9.54. The van der Waals surface area contributed by atoms with Gasteiger partial charge in [-0.2, -0.15) is 0 Å². The number of terminal acetylenes is 1. The second kappa shape index (κ2) is 5.38.